The molecule has 0 N–H and O–H groups in total. The maximum atomic E-state index is 10.4. The molecule has 6 nitrogen and oxygen atoms in total. The van der Waals surface area contributed by atoms with E-state index >= 15 is 0 Å². The number of hydrogen-bond acceptors (Lipinski definition) is 5. The number of oxazole rings is 1. The standard InChI is InChI=1S/C17H18NO2.C7H8O3S/c1-13-18(10-11-19-2)16-12-15(8-9-17(16)20-13)14-6-4-3-5-7-14;1-6-2-4-7(5-3-6)11(8,9)10/h3-9,12H,10-11H2,1-2H3;2-5H,1H3,(H,8,9,10)/q+1;/p-1. The zero-order chi connectivity index (χ0) is 22.4. The second-order valence-electron chi connectivity index (χ2n) is 7.08. The average Bonchev–Trinajstić information content (AvgIpc) is 3.07. The highest BCUT2D eigenvalue weighted by molar-refractivity contribution is 7.85. The second-order valence-corrected chi connectivity index (χ2v) is 8.46. The van der Waals surface area contributed by atoms with E-state index in [0.29, 0.717) is 6.61 Å². The van der Waals surface area contributed by atoms with Gasteiger partial charge in [0.1, 0.15) is 16.7 Å². The molecule has 0 spiro atoms. The fourth-order valence-corrected chi connectivity index (χ4v) is 3.64. The summed E-state index contributed by atoms with van der Waals surface area (Å²) in [7, 11) is -2.55. The Kier molecular flexibility index (Phi) is 7.22. The molecule has 0 aliphatic heterocycles. The first-order valence-corrected chi connectivity index (χ1v) is 11.2. The largest absolute Gasteiger partial charge is 0.744 e. The number of fused-ring (bicyclic) bond motifs is 1. The summed E-state index contributed by atoms with van der Waals surface area (Å²) in [6.45, 7) is 5.28. The van der Waals surface area contributed by atoms with E-state index in [0.717, 1.165) is 29.1 Å². The molecule has 162 valence electrons. The van der Waals surface area contributed by atoms with Gasteiger partial charge in [0.15, 0.2) is 6.54 Å². The molecule has 0 aliphatic rings. The molecule has 0 bridgehead atoms. The van der Waals surface area contributed by atoms with E-state index in [9.17, 15) is 13.0 Å². The lowest BCUT2D eigenvalue weighted by Crippen LogP contribution is -2.37. The lowest BCUT2D eigenvalue weighted by molar-refractivity contribution is -0.684. The van der Waals surface area contributed by atoms with E-state index in [2.05, 4.69) is 41.0 Å². The summed E-state index contributed by atoms with van der Waals surface area (Å²) < 4.78 is 44.3. The van der Waals surface area contributed by atoms with Gasteiger partial charge in [-0.3, -0.25) is 0 Å². The summed E-state index contributed by atoms with van der Waals surface area (Å²) in [6.07, 6.45) is 0. The van der Waals surface area contributed by atoms with Gasteiger partial charge in [-0.05, 0) is 36.2 Å². The van der Waals surface area contributed by atoms with E-state index in [-0.39, 0.29) is 4.90 Å². The van der Waals surface area contributed by atoms with Crippen molar-refractivity contribution in [3.05, 3.63) is 84.3 Å². The predicted octanol–water partition coefficient (Wildman–Crippen LogP) is 4.24. The van der Waals surface area contributed by atoms with Crippen molar-refractivity contribution in [2.24, 2.45) is 0 Å². The van der Waals surface area contributed by atoms with Crippen LogP contribution in [0, 0.1) is 13.8 Å². The van der Waals surface area contributed by atoms with Crippen LogP contribution in [0.5, 0.6) is 0 Å². The Morgan fingerprint density at radius 2 is 1.61 bits per heavy atom. The molecular weight excluding hydrogens is 414 g/mol. The third kappa shape index (κ3) is 5.79. The summed E-state index contributed by atoms with van der Waals surface area (Å²) in [5, 5.41) is 0. The van der Waals surface area contributed by atoms with Crippen LogP contribution in [0.15, 0.2) is 82.1 Å². The van der Waals surface area contributed by atoms with E-state index in [4.69, 9.17) is 9.15 Å². The van der Waals surface area contributed by atoms with Crippen LogP contribution in [0.4, 0.5) is 0 Å². The lowest BCUT2D eigenvalue weighted by atomic mass is 10.1. The topological polar surface area (TPSA) is 83.5 Å². The molecule has 0 atom stereocenters. The molecule has 0 saturated heterocycles. The fourth-order valence-electron chi connectivity index (χ4n) is 3.17. The minimum Gasteiger partial charge on any atom is -0.744 e. The molecule has 4 rings (SSSR count). The minimum absolute atomic E-state index is 0.178. The zero-order valence-corrected chi connectivity index (χ0v) is 18.6. The number of methoxy groups -OCH3 is 1. The molecular formula is C24H25NO5S. The molecule has 0 radical (unpaired) electrons. The summed E-state index contributed by atoms with van der Waals surface area (Å²) in [5.74, 6) is 0.905. The fraction of sp³-hybridized carbons (Fsp3) is 0.208. The van der Waals surface area contributed by atoms with Crippen LogP contribution in [0.1, 0.15) is 11.5 Å². The first-order chi connectivity index (χ1) is 14.8. The van der Waals surface area contributed by atoms with Crippen LogP contribution >= 0.6 is 0 Å². The van der Waals surface area contributed by atoms with Gasteiger partial charge in [0.05, 0.1) is 11.8 Å². The normalized spacial score (nSPS) is 11.2. The Bertz CT molecular complexity index is 1250. The molecule has 0 fully saturated rings. The molecule has 4 aromatic rings. The number of hydrogen-bond donors (Lipinski definition) is 0. The Balaban J connectivity index is 0.000000210. The van der Waals surface area contributed by atoms with Gasteiger partial charge in [-0.2, -0.15) is 4.57 Å². The Morgan fingerprint density at radius 1 is 0.935 bits per heavy atom. The predicted molar refractivity (Wildman–Crippen MR) is 118 cm³/mol. The lowest BCUT2D eigenvalue weighted by Gasteiger charge is -2.05. The van der Waals surface area contributed by atoms with Crippen LogP contribution < -0.4 is 4.57 Å². The van der Waals surface area contributed by atoms with Gasteiger partial charge in [-0.1, -0.05) is 54.1 Å². The van der Waals surface area contributed by atoms with Gasteiger partial charge in [-0.15, -0.1) is 0 Å². The second kappa shape index (κ2) is 9.87. The zero-order valence-electron chi connectivity index (χ0n) is 17.7. The van der Waals surface area contributed by atoms with E-state index < -0.39 is 10.1 Å². The van der Waals surface area contributed by atoms with E-state index in [1.807, 2.05) is 26.0 Å². The number of benzene rings is 3. The molecule has 0 amide bonds. The number of ether oxygens (including phenoxy) is 1. The van der Waals surface area contributed by atoms with Crippen LogP contribution in [-0.4, -0.2) is 26.7 Å². The Labute approximate surface area is 182 Å². The van der Waals surface area contributed by atoms with Crippen molar-refractivity contribution in [3.8, 4) is 11.1 Å². The molecule has 0 unspecified atom stereocenters. The highest BCUT2D eigenvalue weighted by Crippen LogP contribution is 2.23. The SMILES string of the molecule is COCC[n+]1c(C)oc2ccc(-c3ccccc3)cc21.Cc1ccc(S(=O)(=O)[O-])cc1. The summed E-state index contributed by atoms with van der Waals surface area (Å²) in [5.41, 5.74) is 5.37. The highest BCUT2D eigenvalue weighted by Gasteiger charge is 2.19. The summed E-state index contributed by atoms with van der Waals surface area (Å²) >= 11 is 0. The number of aryl methyl sites for hydroxylation is 2. The molecule has 0 aliphatic carbocycles. The molecule has 1 heterocycles. The first-order valence-electron chi connectivity index (χ1n) is 9.79. The van der Waals surface area contributed by atoms with Crippen molar-refractivity contribution in [2.45, 2.75) is 25.3 Å². The van der Waals surface area contributed by atoms with Gasteiger partial charge in [0.25, 0.3) is 5.52 Å². The van der Waals surface area contributed by atoms with Crippen molar-refractivity contribution >= 4 is 21.2 Å². The van der Waals surface area contributed by atoms with Crippen LogP contribution in [0.2, 0.25) is 0 Å². The summed E-state index contributed by atoms with van der Waals surface area (Å²) in [6, 6.07) is 22.5. The van der Waals surface area contributed by atoms with Crippen LogP contribution in [0.3, 0.4) is 0 Å². The molecule has 7 heteroatoms. The first kappa shape index (κ1) is 22.7. The quantitative estimate of drug-likeness (QED) is 0.343. The maximum Gasteiger partial charge on any atom is 0.344 e. The van der Waals surface area contributed by atoms with Crippen LogP contribution in [0.25, 0.3) is 22.2 Å². The number of aromatic nitrogens is 1. The van der Waals surface area contributed by atoms with Crippen molar-refractivity contribution in [1.82, 2.24) is 0 Å². The Hall–Kier alpha value is -3.00. The minimum atomic E-state index is -4.27. The smallest absolute Gasteiger partial charge is 0.344 e. The maximum absolute atomic E-state index is 10.4. The molecule has 0 saturated carbocycles. The Morgan fingerprint density at radius 3 is 2.23 bits per heavy atom. The van der Waals surface area contributed by atoms with Gasteiger partial charge in [-0.25, -0.2) is 8.42 Å². The summed E-state index contributed by atoms with van der Waals surface area (Å²) in [4.78, 5) is -0.178. The van der Waals surface area contributed by atoms with Crippen molar-refractivity contribution in [3.63, 3.8) is 0 Å². The number of nitrogens with zero attached hydrogens (tertiary/aromatic N) is 1. The molecule has 31 heavy (non-hydrogen) atoms. The third-order valence-corrected chi connectivity index (χ3v) is 5.67. The van der Waals surface area contributed by atoms with Gasteiger partial charge < -0.3 is 13.7 Å². The average molecular weight is 440 g/mol. The van der Waals surface area contributed by atoms with Crippen LogP contribution in [-0.2, 0) is 21.4 Å². The van der Waals surface area contributed by atoms with Crippen molar-refractivity contribution < 1.29 is 26.7 Å². The van der Waals surface area contributed by atoms with Crippen molar-refractivity contribution in [2.75, 3.05) is 13.7 Å². The third-order valence-electron chi connectivity index (χ3n) is 4.82. The number of rotatable bonds is 5. The highest BCUT2D eigenvalue weighted by atomic mass is 32.2. The van der Waals surface area contributed by atoms with Gasteiger partial charge >= 0.3 is 5.89 Å². The molecule has 1 aromatic heterocycles. The van der Waals surface area contributed by atoms with E-state index in [1.54, 1.807) is 19.2 Å². The van der Waals surface area contributed by atoms with E-state index in [1.165, 1.54) is 23.3 Å². The van der Waals surface area contributed by atoms with Gasteiger partial charge in [0.2, 0.25) is 5.58 Å². The molecule has 3 aromatic carbocycles. The van der Waals surface area contributed by atoms with Gasteiger partial charge in [0, 0.05) is 13.2 Å². The monoisotopic (exact) mass is 439 g/mol. The van der Waals surface area contributed by atoms with Crippen molar-refractivity contribution in [1.29, 1.82) is 0 Å².